The molecule has 1 aromatic heterocycles. The Morgan fingerprint density at radius 3 is 3.25 bits per heavy atom. The summed E-state index contributed by atoms with van der Waals surface area (Å²) in [5.74, 6) is 0.867. The maximum Gasteiger partial charge on any atom is 0.148 e. The molecule has 1 atom stereocenters. The van der Waals surface area contributed by atoms with Crippen molar-refractivity contribution in [1.82, 2.24) is 15.5 Å². The fourth-order valence-corrected chi connectivity index (χ4v) is 1.37. The molecule has 64 valence electrons. The van der Waals surface area contributed by atoms with Crippen LogP contribution < -0.4 is 10.6 Å². The van der Waals surface area contributed by atoms with E-state index in [2.05, 4.69) is 20.8 Å². The molecule has 0 spiro atoms. The molecule has 1 aliphatic rings. The van der Waals surface area contributed by atoms with Crippen LogP contribution in [0.4, 0.5) is 5.82 Å². The summed E-state index contributed by atoms with van der Waals surface area (Å²) in [4.78, 5) is 0. The molecule has 0 aliphatic carbocycles. The van der Waals surface area contributed by atoms with Crippen LogP contribution in [0.2, 0.25) is 0 Å². The highest BCUT2D eigenvalue weighted by Crippen LogP contribution is 2.06. The van der Waals surface area contributed by atoms with Gasteiger partial charge in [-0.3, -0.25) is 0 Å². The SMILES string of the molecule is c1cnnc(N[C@@H]2CCNC2)c1. The monoisotopic (exact) mass is 164 g/mol. The number of nitrogens with one attached hydrogen (secondary N) is 2. The molecule has 4 heteroatoms. The smallest absolute Gasteiger partial charge is 0.148 e. The normalized spacial score (nSPS) is 22.5. The van der Waals surface area contributed by atoms with Gasteiger partial charge < -0.3 is 10.6 Å². The highest BCUT2D eigenvalue weighted by Gasteiger charge is 2.13. The Hall–Kier alpha value is -1.16. The third-order valence-electron chi connectivity index (χ3n) is 1.98. The van der Waals surface area contributed by atoms with Crippen molar-refractivity contribution in [2.45, 2.75) is 12.5 Å². The van der Waals surface area contributed by atoms with Crippen LogP contribution in [-0.2, 0) is 0 Å². The van der Waals surface area contributed by atoms with Gasteiger partial charge in [-0.05, 0) is 25.1 Å². The van der Waals surface area contributed by atoms with Crippen LogP contribution in [0.5, 0.6) is 0 Å². The molecule has 2 rings (SSSR count). The van der Waals surface area contributed by atoms with Crippen LogP contribution >= 0.6 is 0 Å². The van der Waals surface area contributed by atoms with Crippen molar-refractivity contribution in [3.63, 3.8) is 0 Å². The van der Waals surface area contributed by atoms with Gasteiger partial charge in [0, 0.05) is 18.8 Å². The van der Waals surface area contributed by atoms with E-state index in [0.717, 1.165) is 25.3 Å². The average molecular weight is 164 g/mol. The van der Waals surface area contributed by atoms with Crippen molar-refractivity contribution in [1.29, 1.82) is 0 Å². The van der Waals surface area contributed by atoms with Gasteiger partial charge in [0.15, 0.2) is 0 Å². The number of anilines is 1. The van der Waals surface area contributed by atoms with Crippen molar-refractivity contribution in [2.75, 3.05) is 18.4 Å². The molecule has 0 bridgehead atoms. The Kier molecular flexibility index (Phi) is 2.18. The number of hydrogen-bond donors (Lipinski definition) is 2. The fraction of sp³-hybridized carbons (Fsp3) is 0.500. The third kappa shape index (κ3) is 1.71. The summed E-state index contributed by atoms with van der Waals surface area (Å²) < 4.78 is 0. The Balaban J connectivity index is 1.94. The summed E-state index contributed by atoms with van der Waals surface area (Å²) >= 11 is 0. The summed E-state index contributed by atoms with van der Waals surface area (Å²) in [5, 5.41) is 14.3. The first kappa shape index (κ1) is 7.49. The van der Waals surface area contributed by atoms with Crippen molar-refractivity contribution in [3.05, 3.63) is 18.3 Å². The largest absolute Gasteiger partial charge is 0.365 e. The van der Waals surface area contributed by atoms with E-state index in [1.54, 1.807) is 6.20 Å². The number of hydrogen-bond acceptors (Lipinski definition) is 4. The first-order valence-corrected chi connectivity index (χ1v) is 4.20. The van der Waals surface area contributed by atoms with E-state index in [1.807, 2.05) is 12.1 Å². The maximum atomic E-state index is 3.95. The quantitative estimate of drug-likeness (QED) is 0.658. The average Bonchev–Trinajstić information content (AvgIpc) is 2.59. The second kappa shape index (κ2) is 3.49. The minimum absolute atomic E-state index is 0.515. The van der Waals surface area contributed by atoms with Gasteiger partial charge in [-0.1, -0.05) is 0 Å². The molecule has 1 fully saturated rings. The van der Waals surface area contributed by atoms with E-state index in [1.165, 1.54) is 0 Å². The summed E-state index contributed by atoms with van der Waals surface area (Å²) in [6.45, 7) is 2.12. The van der Waals surface area contributed by atoms with E-state index >= 15 is 0 Å². The molecule has 2 heterocycles. The molecule has 0 aromatic carbocycles. The zero-order chi connectivity index (χ0) is 8.23. The third-order valence-corrected chi connectivity index (χ3v) is 1.98. The van der Waals surface area contributed by atoms with Gasteiger partial charge in [0.2, 0.25) is 0 Å². The molecule has 1 saturated heterocycles. The topological polar surface area (TPSA) is 49.8 Å². The predicted octanol–water partition coefficient (Wildman–Crippen LogP) is 0.250. The van der Waals surface area contributed by atoms with Crippen LogP contribution in [-0.4, -0.2) is 29.3 Å². The lowest BCUT2D eigenvalue weighted by atomic mass is 10.2. The van der Waals surface area contributed by atoms with E-state index in [9.17, 15) is 0 Å². The summed E-state index contributed by atoms with van der Waals surface area (Å²) in [6, 6.07) is 4.34. The fourth-order valence-electron chi connectivity index (χ4n) is 1.37. The van der Waals surface area contributed by atoms with Crippen LogP contribution in [0.25, 0.3) is 0 Å². The number of aromatic nitrogens is 2. The predicted molar refractivity (Wildman–Crippen MR) is 46.9 cm³/mol. The Labute approximate surface area is 71.4 Å². The highest BCUT2D eigenvalue weighted by atomic mass is 15.2. The Morgan fingerprint density at radius 2 is 2.58 bits per heavy atom. The minimum Gasteiger partial charge on any atom is -0.365 e. The van der Waals surface area contributed by atoms with Gasteiger partial charge >= 0.3 is 0 Å². The van der Waals surface area contributed by atoms with Crippen LogP contribution in [0.15, 0.2) is 18.3 Å². The lowest BCUT2D eigenvalue weighted by Gasteiger charge is -2.10. The second-order valence-corrected chi connectivity index (χ2v) is 2.94. The van der Waals surface area contributed by atoms with Gasteiger partial charge in [0.1, 0.15) is 5.82 Å². The molecule has 0 radical (unpaired) electrons. The lowest BCUT2D eigenvalue weighted by molar-refractivity contribution is 0.782. The van der Waals surface area contributed by atoms with Crippen molar-refractivity contribution >= 4 is 5.82 Å². The first-order chi connectivity index (χ1) is 5.95. The first-order valence-electron chi connectivity index (χ1n) is 4.20. The number of nitrogens with zero attached hydrogens (tertiary/aromatic N) is 2. The second-order valence-electron chi connectivity index (χ2n) is 2.94. The lowest BCUT2D eigenvalue weighted by Crippen LogP contribution is -2.22. The number of rotatable bonds is 2. The molecule has 4 nitrogen and oxygen atoms in total. The van der Waals surface area contributed by atoms with Crippen molar-refractivity contribution in [2.24, 2.45) is 0 Å². The van der Waals surface area contributed by atoms with E-state index in [0.29, 0.717) is 6.04 Å². The maximum absolute atomic E-state index is 3.95. The van der Waals surface area contributed by atoms with Gasteiger partial charge in [0.05, 0.1) is 0 Å². The van der Waals surface area contributed by atoms with Gasteiger partial charge in [-0.15, -0.1) is 5.10 Å². The minimum atomic E-state index is 0.515. The summed E-state index contributed by atoms with van der Waals surface area (Å²) in [6.07, 6.45) is 2.84. The molecule has 0 amide bonds. The van der Waals surface area contributed by atoms with Gasteiger partial charge in [-0.25, -0.2) is 0 Å². The van der Waals surface area contributed by atoms with Crippen LogP contribution in [0.1, 0.15) is 6.42 Å². The molecule has 12 heavy (non-hydrogen) atoms. The molecule has 0 unspecified atom stereocenters. The molecule has 1 aliphatic heterocycles. The Bertz CT molecular complexity index is 230. The zero-order valence-corrected chi connectivity index (χ0v) is 6.83. The molecule has 1 aromatic rings. The molecule has 2 N–H and O–H groups in total. The van der Waals surface area contributed by atoms with Gasteiger partial charge in [-0.2, -0.15) is 5.10 Å². The molecular formula is C8H12N4. The van der Waals surface area contributed by atoms with E-state index < -0.39 is 0 Å². The zero-order valence-electron chi connectivity index (χ0n) is 6.83. The Morgan fingerprint density at radius 1 is 1.58 bits per heavy atom. The van der Waals surface area contributed by atoms with Crippen molar-refractivity contribution < 1.29 is 0 Å². The van der Waals surface area contributed by atoms with E-state index in [-0.39, 0.29) is 0 Å². The van der Waals surface area contributed by atoms with Crippen LogP contribution in [0, 0.1) is 0 Å². The molecule has 0 saturated carbocycles. The standard InChI is InChI=1S/C8H12N4/c1-2-8(12-10-4-1)11-7-3-5-9-6-7/h1-2,4,7,9H,3,5-6H2,(H,11,12)/t7-/m1/s1. The summed E-state index contributed by atoms with van der Waals surface area (Å²) in [7, 11) is 0. The molecular weight excluding hydrogens is 152 g/mol. The summed E-state index contributed by atoms with van der Waals surface area (Å²) in [5.41, 5.74) is 0. The highest BCUT2D eigenvalue weighted by molar-refractivity contribution is 5.33. The van der Waals surface area contributed by atoms with Crippen molar-refractivity contribution in [3.8, 4) is 0 Å². The van der Waals surface area contributed by atoms with Crippen LogP contribution in [0.3, 0.4) is 0 Å². The van der Waals surface area contributed by atoms with E-state index in [4.69, 9.17) is 0 Å². The van der Waals surface area contributed by atoms with Gasteiger partial charge in [0.25, 0.3) is 0 Å².